The number of aromatic nitrogens is 1. The molecule has 0 saturated heterocycles. The number of anilines is 1. The van der Waals surface area contributed by atoms with Gasteiger partial charge in [-0.3, -0.25) is 0 Å². The van der Waals surface area contributed by atoms with E-state index in [0.29, 0.717) is 24.5 Å². The summed E-state index contributed by atoms with van der Waals surface area (Å²) < 4.78 is 19.5. The third-order valence-corrected chi connectivity index (χ3v) is 3.57. The average Bonchev–Trinajstić information content (AvgIpc) is 2.44. The van der Waals surface area contributed by atoms with Gasteiger partial charge in [-0.1, -0.05) is 13.8 Å². The normalized spacial score (nSPS) is 11.1. The first-order valence-corrected chi connectivity index (χ1v) is 7.17. The Labute approximate surface area is 119 Å². The standard InChI is InChI=1S/C14H22ClFN2O/c1-4-12(5-2)18(8-9-19-3)14-13(16)11(10-15)6-7-17-14/h6-7,12H,4-5,8-10H2,1-3H3. The Morgan fingerprint density at radius 2 is 2.11 bits per heavy atom. The molecule has 3 nitrogen and oxygen atoms in total. The Morgan fingerprint density at radius 1 is 1.42 bits per heavy atom. The lowest BCUT2D eigenvalue weighted by atomic mass is 10.1. The number of hydrogen-bond donors (Lipinski definition) is 0. The Hall–Kier alpha value is -0.870. The van der Waals surface area contributed by atoms with Crippen LogP contribution in [0.15, 0.2) is 12.3 Å². The third kappa shape index (κ3) is 4.05. The summed E-state index contributed by atoms with van der Waals surface area (Å²) >= 11 is 5.75. The van der Waals surface area contributed by atoms with Gasteiger partial charge in [0.05, 0.1) is 12.5 Å². The second-order valence-corrected chi connectivity index (χ2v) is 4.67. The van der Waals surface area contributed by atoms with Gasteiger partial charge in [-0.2, -0.15) is 0 Å². The minimum atomic E-state index is -0.319. The van der Waals surface area contributed by atoms with Gasteiger partial charge in [-0.05, 0) is 18.9 Å². The topological polar surface area (TPSA) is 25.4 Å². The maximum absolute atomic E-state index is 14.4. The number of hydrogen-bond acceptors (Lipinski definition) is 3. The van der Waals surface area contributed by atoms with Gasteiger partial charge in [-0.15, -0.1) is 11.6 Å². The number of pyridine rings is 1. The van der Waals surface area contributed by atoms with Crippen molar-refractivity contribution in [2.45, 2.75) is 38.6 Å². The highest BCUT2D eigenvalue weighted by Gasteiger charge is 2.21. The molecule has 1 aromatic rings. The minimum absolute atomic E-state index is 0.155. The zero-order valence-electron chi connectivity index (χ0n) is 11.8. The molecule has 1 rings (SSSR count). The van der Waals surface area contributed by atoms with Crippen molar-refractivity contribution in [3.63, 3.8) is 0 Å². The highest BCUT2D eigenvalue weighted by molar-refractivity contribution is 6.17. The quantitative estimate of drug-likeness (QED) is 0.684. The molecule has 0 aromatic carbocycles. The minimum Gasteiger partial charge on any atom is -0.383 e. The first-order chi connectivity index (χ1) is 9.19. The molecule has 0 radical (unpaired) electrons. The SMILES string of the molecule is CCC(CC)N(CCOC)c1nccc(CCl)c1F. The Morgan fingerprint density at radius 3 is 2.63 bits per heavy atom. The van der Waals surface area contributed by atoms with E-state index in [1.54, 1.807) is 19.4 Å². The molecule has 0 fully saturated rings. The second kappa shape index (κ2) is 8.33. The molecule has 0 spiro atoms. The summed E-state index contributed by atoms with van der Waals surface area (Å²) in [5, 5.41) is 0. The van der Waals surface area contributed by atoms with E-state index in [4.69, 9.17) is 16.3 Å². The van der Waals surface area contributed by atoms with Crippen LogP contribution in [0.2, 0.25) is 0 Å². The predicted molar refractivity (Wildman–Crippen MR) is 77.3 cm³/mol. The van der Waals surface area contributed by atoms with Crippen molar-refractivity contribution in [3.8, 4) is 0 Å². The summed E-state index contributed by atoms with van der Waals surface area (Å²) in [6, 6.07) is 1.87. The van der Waals surface area contributed by atoms with Crippen molar-refractivity contribution in [3.05, 3.63) is 23.6 Å². The van der Waals surface area contributed by atoms with Gasteiger partial charge in [-0.25, -0.2) is 9.37 Å². The first-order valence-electron chi connectivity index (χ1n) is 6.64. The van der Waals surface area contributed by atoms with Crippen molar-refractivity contribution in [2.75, 3.05) is 25.2 Å². The van der Waals surface area contributed by atoms with Crippen LogP contribution in [0.3, 0.4) is 0 Å². The molecule has 19 heavy (non-hydrogen) atoms. The smallest absolute Gasteiger partial charge is 0.170 e. The van der Waals surface area contributed by atoms with E-state index in [1.807, 2.05) is 4.90 Å². The summed E-state index contributed by atoms with van der Waals surface area (Å²) in [5.74, 6) is 0.215. The molecule has 1 heterocycles. The second-order valence-electron chi connectivity index (χ2n) is 4.40. The van der Waals surface area contributed by atoms with E-state index in [1.165, 1.54) is 0 Å². The van der Waals surface area contributed by atoms with Crippen LogP contribution >= 0.6 is 11.6 Å². The molecule has 0 atom stereocenters. The number of alkyl halides is 1. The first kappa shape index (κ1) is 16.2. The number of rotatable bonds is 8. The molecule has 0 aliphatic carbocycles. The van der Waals surface area contributed by atoms with E-state index in [-0.39, 0.29) is 17.7 Å². The summed E-state index contributed by atoms with van der Waals surface area (Å²) in [5.41, 5.74) is 0.486. The van der Waals surface area contributed by atoms with Crippen molar-refractivity contribution >= 4 is 17.4 Å². The molecule has 0 unspecified atom stereocenters. The Balaban J connectivity index is 3.08. The zero-order valence-corrected chi connectivity index (χ0v) is 12.6. The Bertz CT molecular complexity index is 386. The van der Waals surface area contributed by atoms with Crippen LogP contribution in [0.4, 0.5) is 10.2 Å². The highest BCUT2D eigenvalue weighted by atomic mass is 35.5. The summed E-state index contributed by atoms with van der Waals surface area (Å²) in [6.45, 7) is 5.36. The molecule has 0 saturated carbocycles. The van der Waals surface area contributed by atoms with Crippen LogP contribution in [0.1, 0.15) is 32.3 Å². The fraction of sp³-hybridized carbons (Fsp3) is 0.643. The predicted octanol–water partition coefficient (Wildman–Crippen LogP) is 3.60. The third-order valence-electron chi connectivity index (χ3n) is 3.29. The molecule has 0 N–H and O–H groups in total. The van der Waals surface area contributed by atoms with E-state index < -0.39 is 0 Å². The van der Waals surface area contributed by atoms with Crippen LogP contribution in [0.5, 0.6) is 0 Å². The largest absolute Gasteiger partial charge is 0.383 e. The molecular formula is C14H22ClFN2O. The lowest BCUT2D eigenvalue weighted by Gasteiger charge is -2.32. The van der Waals surface area contributed by atoms with E-state index in [2.05, 4.69) is 18.8 Å². The van der Waals surface area contributed by atoms with Gasteiger partial charge < -0.3 is 9.64 Å². The maximum atomic E-state index is 14.4. The van der Waals surface area contributed by atoms with Crippen LogP contribution < -0.4 is 4.90 Å². The highest BCUT2D eigenvalue weighted by Crippen LogP contribution is 2.24. The molecule has 0 amide bonds. The van der Waals surface area contributed by atoms with Crippen molar-refractivity contribution < 1.29 is 9.13 Å². The molecule has 0 bridgehead atoms. The maximum Gasteiger partial charge on any atom is 0.170 e. The van der Waals surface area contributed by atoms with Crippen LogP contribution in [0.25, 0.3) is 0 Å². The van der Waals surface area contributed by atoms with E-state index in [0.717, 1.165) is 12.8 Å². The summed E-state index contributed by atoms with van der Waals surface area (Å²) in [4.78, 5) is 6.17. The van der Waals surface area contributed by atoms with Crippen LogP contribution in [0, 0.1) is 5.82 Å². The summed E-state index contributed by atoms with van der Waals surface area (Å²) in [6.07, 6.45) is 3.48. The van der Waals surface area contributed by atoms with Crippen molar-refractivity contribution in [2.24, 2.45) is 0 Å². The van der Waals surface area contributed by atoms with Gasteiger partial charge in [0.1, 0.15) is 0 Å². The fourth-order valence-corrected chi connectivity index (χ4v) is 2.36. The lowest BCUT2D eigenvalue weighted by Crippen LogP contribution is -2.38. The van der Waals surface area contributed by atoms with Crippen LogP contribution in [-0.4, -0.2) is 31.3 Å². The lowest BCUT2D eigenvalue weighted by molar-refractivity contribution is 0.202. The van der Waals surface area contributed by atoms with Crippen LogP contribution in [-0.2, 0) is 10.6 Å². The average molecular weight is 289 g/mol. The monoisotopic (exact) mass is 288 g/mol. The fourth-order valence-electron chi connectivity index (χ4n) is 2.16. The van der Waals surface area contributed by atoms with E-state index >= 15 is 0 Å². The van der Waals surface area contributed by atoms with Gasteiger partial charge >= 0.3 is 0 Å². The summed E-state index contributed by atoms with van der Waals surface area (Å²) in [7, 11) is 1.64. The molecule has 108 valence electrons. The molecule has 0 aliphatic rings. The van der Waals surface area contributed by atoms with Gasteiger partial charge in [0.2, 0.25) is 0 Å². The Kier molecular flexibility index (Phi) is 7.10. The van der Waals surface area contributed by atoms with Crippen molar-refractivity contribution in [1.82, 2.24) is 4.98 Å². The number of nitrogens with zero attached hydrogens (tertiary/aromatic N) is 2. The zero-order chi connectivity index (χ0) is 14.3. The number of ether oxygens (including phenoxy) is 1. The van der Waals surface area contributed by atoms with E-state index in [9.17, 15) is 4.39 Å². The van der Waals surface area contributed by atoms with Crippen molar-refractivity contribution in [1.29, 1.82) is 0 Å². The van der Waals surface area contributed by atoms with Gasteiger partial charge in [0.15, 0.2) is 11.6 Å². The van der Waals surface area contributed by atoms with Gasteiger partial charge in [0, 0.05) is 31.5 Å². The number of halogens is 2. The van der Waals surface area contributed by atoms with Gasteiger partial charge in [0.25, 0.3) is 0 Å². The molecule has 5 heteroatoms. The number of methoxy groups -OCH3 is 1. The molecule has 0 aliphatic heterocycles. The molecular weight excluding hydrogens is 267 g/mol. The molecule has 1 aromatic heterocycles.